The van der Waals surface area contributed by atoms with E-state index in [0.29, 0.717) is 0 Å². The zero-order chi connectivity index (χ0) is 16.4. The molecule has 8 heteroatoms. The number of benzene rings is 1. The van der Waals surface area contributed by atoms with Crippen LogP contribution in [0.2, 0.25) is 0 Å². The number of hydrogen-bond acceptors (Lipinski definition) is 8. The Kier molecular flexibility index (Phi) is 4.99. The third-order valence-corrected chi connectivity index (χ3v) is 3.45. The topological polar surface area (TPSA) is 137 Å². The van der Waals surface area contributed by atoms with Crippen molar-refractivity contribution in [1.82, 2.24) is 0 Å². The fraction of sp³-hybridized carbons (Fsp3) is 0.500. The molecule has 8 nitrogen and oxygen atoms in total. The fourth-order valence-corrected chi connectivity index (χ4v) is 2.26. The molecule has 122 valence electrons. The molecule has 1 fully saturated rings. The van der Waals surface area contributed by atoms with Gasteiger partial charge in [0.05, 0.1) is 6.61 Å². The molecule has 0 amide bonds. The van der Waals surface area contributed by atoms with E-state index in [1.807, 2.05) is 0 Å². The molecule has 0 saturated carbocycles. The predicted molar refractivity (Wildman–Crippen MR) is 72.5 cm³/mol. The molecule has 1 heterocycles. The van der Waals surface area contributed by atoms with Crippen molar-refractivity contribution in [3.8, 4) is 11.5 Å². The van der Waals surface area contributed by atoms with Crippen LogP contribution in [0.4, 0.5) is 0 Å². The second-order valence-corrected chi connectivity index (χ2v) is 5.02. The smallest absolute Gasteiger partial charge is 0.229 e. The van der Waals surface area contributed by atoms with Gasteiger partial charge < -0.3 is 35.0 Å². The molecular formula is C14H18O8. The van der Waals surface area contributed by atoms with E-state index in [1.165, 1.54) is 25.1 Å². The van der Waals surface area contributed by atoms with Gasteiger partial charge in [-0.1, -0.05) is 6.07 Å². The summed E-state index contributed by atoms with van der Waals surface area (Å²) in [7, 11) is 0. The summed E-state index contributed by atoms with van der Waals surface area (Å²) in [5.41, 5.74) is -0.0977. The Hall–Kier alpha value is -1.71. The van der Waals surface area contributed by atoms with Gasteiger partial charge in [0.1, 0.15) is 41.5 Å². The van der Waals surface area contributed by atoms with Crippen molar-refractivity contribution in [2.75, 3.05) is 6.61 Å². The second kappa shape index (κ2) is 6.59. The predicted octanol–water partition coefficient (Wildman–Crippen LogP) is -1.23. The van der Waals surface area contributed by atoms with Gasteiger partial charge in [0.2, 0.25) is 6.29 Å². The summed E-state index contributed by atoms with van der Waals surface area (Å²) in [6.45, 7) is 0.639. The van der Waals surface area contributed by atoms with Crippen molar-refractivity contribution in [3.63, 3.8) is 0 Å². The third-order valence-electron chi connectivity index (χ3n) is 3.45. The van der Waals surface area contributed by atoms with E-state index in [1.54, 1.807) is 0 Å². The number of aliphatic hydroxyl groups is 4. The molecule has 0 aromatic heterocycles. The van der Waals surface area contributed by atoms with Crippen LogP contribution in [0.5, 0.6) is 11.5 Å². The van der Waals surface area contributed by atoms with Crippen molar-refractivity contribution < 1.29 is 39.8 Å². The number of aliphatic hydroxyl groups excluding tert-OH is 4. The van der Waals surface area contributed by atoms with Crippen LogP contribution in [0.3, 0.4) is 0 Å². The van der Waals surface area contributed by atoms with E-state index in [2.05, 4.69) is 0 Å². The fourth-order valence-electron chi connectivity index (χ4n) is 2.26. The lowest BCUT2D eigenvalue weighted by atomic mass is 9.99. The summed E-state index contributed by atoms with van der Waals surface area (Å²) in [5, 5.41) is 48.1. The minimum atomic E-state index is -1.60. The van der Waals surface area contributed by atoms with Gasteiger partial charge in [-0.25, -0.2) is 0 Å². The summed E-state index contributed by atoms with van der Waals surface area (Å²) in [6.07, 6.45) is -7.23. The Morgan fingerprint density at radius 1 is 1.23 bits per heavy atom. The Labute approximate surface area is 126 Å². The highest BCUT2D eigenvalue weighted by atomic mass is 16.7. The van der Waals surface area contributed by atoms with Crippen molar-refractivity contribution >= 4 is 5.78 Å². The Morgan fingerprint density at radius 3 is 2.50 bits per heavy atom. The zero-order valence-electron chi connectivity index (χ0n) is 11.8. The molecule has 4 unspecified atom stereocenters. The highest BCUT2D eigenvalue weighted by Gasteiger charge is 2.45. The number of aromatic hydroxyl groups is 1. The van der Waals surface area contributed by atoms with E-state index in [4.69, 9.17) is 14.6 Å². The average Bonchev–Trinajstić information content (AvgIpc) is 2.47. The zero-order valence-corrected chi connectivity index (χ0v) is 11.8. The largest absolute Gasteiger partial charge is 0.507 e. The lowest BCUT2D eigenvalue weighted by Gasteiger charge is -2.39. The SMILES string of the molecule is CC(=O)c1c(O)cccc1OC1O[C@H](CO)C(O)C(O)C1O. The molecular weight excluding hydrogens is 296 g/mol. The first-order valence-electron chi connectivity index (χ1n) is 6.67. The van der Waals surface area contributed by atoms with E-state index >= 15 is 0 Å². The molecule has 0 radical (unpaired) electrons. The standard InChI is InChI=1S/C14H18O8/c1-6(16)10-7(17)3-2-4-8(10)21-14-13(20)12(19)11(18)9(5-15)22-14/h2-4,9,11-15,17-20H,5H2,1H3/t9-,11?,12?,13?,14?/m1/s1. The number of ether oxygens (including phenoxy) is 2. The van der Waals surface area contributed by atoms with Gasteiger partial charge in [0.15, 0.2) is 5.78 Å². The summed E-state index contributed by atoms with van der Waals surface area (Å²) < 4.78 is 10.5. The molecule has 1 aromatic carbocycles. The van der Waals surface area contributed by atoms with Crippen LogP contribution in [0, 0.1) is 0 Å². The van der Waals surface area contributed by atoms with Gasteiger partial charge in [0, 0.05) is 0 Å². The number of carbonyl (C=O) groups excluding carboxylic acids is 1. The lowest BCUT2D eigenvalue weighted by Crippen LogP contribution is -2.60. The third kappa shape index (κ3) is 3.06. The summed E-state index contributed by atoms with van der Waals surface area (Å²) >= 11 is 0. The van der Waals surface area contributed by atoms with Gasteiger partial charge in [-0.2, -0.15) is 0 Å². The summed E-state index contributed by atoms with van der Waals surface area (Å²) in [6, 6.07) is 4.12. The van der Waals surface area contributed by atoms with Crippen LogP contribution in [-0.2, 0) is 4.74 Å². The van der Waals surface area contributed by atoms with Crippen LogP contribution in [-0.4, -0.2) is 68.6 Å². The van der Waals surface area contributed by atoms with Crippen LogP contribution >= 0.6 is 0 Å². The highest BCUT2D eigenvalue weighted by molar-refractivity contribution is 5.99. The molecule has 0 spiro atoms. The van der Waals surface area contributed by atoms with Crippen LogP contribution in [0.25, 0.3) is 0 Å². The number of ketones is 1. The number of phenols is 1. The molecule has 0 aliphatic carbocycles. The lowest BCUT2D eigenvalue weighted by molar-refractivity contribution is -0.277. The van der Waals surface area contributed by atoms with E-state index in [0.717, 1.165) is 0 Å². The normalized spacial score (nSPS) is 31.8. The molecule has 2 rings (SSSR count). The monoisotopic (exact) mass is 314 g/mol. The van der Waals surface area contributed by atoms with Gasteiger partial charge in [-0.3, -0.25) is 4.79 Å². The highest BCUT2D eigenvalue weighted by Crippen LogP contribution is 2.31. The Morgan fingerprint density at radius 2 is 1.91 bits per heavy atom. The van der Waals surface area contributed by atoms with Gasteiger partial charge in [-0.05, 0) is 19.1 Å². The number of phenolic OH excluding ortho intramolecular Hbond substituents is 1. The van der Waals surface area contributed by atoms with Crippen LogP contribution in [0.15, 0.2) is 18.2 Å². The van der Waals surface area contributed by atoms with E-state index in [9.17, 15) is 25.2 Å². The summed E-state index contributed by atoms with van der Waals surface area (Å²) in [4.78, 5) is 11.6. The molecule has 1 aliphatic rings. The molecule has 1 aliphatic heterocycles. The van der Waals surface area contributed by atoms with Crippen molar-refractivity contribution in [3.05, 3.63) is 23.8 Å². The molecule has 1 aromatic rings. The first-order valence-corrected chi connectivity index (χ1v) is 6.67. The van der Waals surface area contributed by atoms with Crippen LogP contribution in [0.1, 0.15) is 17.3 Å². The number of Topliss-reactive ketones (excluding diaryl/α,β-unsaturated/α-hetero) is 1. The molecule has 5 N–H and O–H groups in total. The Bertz CT molecular complexity index is 544. The maximum Gasteiger partial charge on any atom is 0.229 e. The van der Waals surface area contributed by atoms with Gasteiger partial charge in [0.25, 0.3) is 0 Å². The molecule has 22 heavy (non-hydrogen) atoms. The number of rotatable bonds is 4. The molecule has 1 saturated heterocycles. The number of carbonyl (C=O) groups is 1. The first kappa shape index (κ1) is 16.7. The maximum atomic E-state index is 11.6. The van der Waals surface area contributed by atoms with Crippen LogP contribution < -0.4 is 4.74 Å². The van der Waals surface area contributed by atoms with Crippen molar-refractivity contribution in [1.29, 1.82) is 0 Å². The van der Waals surface area contributed by atoms with Crippen molar-refractivity contribution in [2.45, 2.75) is 37.6 Å². The second-order valence-electron chi connectivity index (χ2n) is 5.02. The maximum absolute atomic E-state index is 11.6. The number of hydrogen-bond donors (Lipinski definition) is 5. The van der Waals surface area contributed by atoms with E-state index < -0.39 is 43.1 Å². The van der Waals surface area contributed by atoms with Gasteiger partial charge >= 0.3 is 0 Å². The molecule has 5 atom stereocenters. The quantitative estimate of drug-likeness (QED) is 0.436. The summed E-state index contributed by atoms with van der Waals surface area (Å²) in [5.74, 6) is -0.802. The average molecular weight is 314 g/mol. The van der Waals surface area contributed by atoms with E-state index in [-0.39, 0.29) is 17.1 Å². The minimum absolute atomic E-state index is 0.0446. The Balaban J connectivity index is 2.27. The van der Waals surface area contributed by atoms with Crippen molar-refractivity contribution in [2.24, 2.45) is 0 Å². The van der Waals surface area contributed by atoms with Gasteiger partial charge in [-0.15, -0.1) is 0 Å². The molecule has 0 bridgehead atoms. The minimum Gasteiger partial charge on any atom is -0.507 e. The first-order chi connectivity index (χ1) is 10.4.